The molecule has 15 heavy (non-hydrogen) atoms. The van der Waals surface area contributed by atoms with Crippen molar-refractivity contribution in [3.05, 3.63) is 0 Å². The number of nitrogens with zero attached hydrogens (tertiary/aromatic N) is 1. The Morgan fingerprint density at radius 1 is 1.20 bits per heavy atom. The van der Waals surface area contributed by atoms with Crippen LogP contribution in [0.4, 0.5) is 0 Å². The van der Waals surface area contributed by atoms with Gasteiger partial charge < -0.3 is 4.90 Å². The molecule has 88 valence electrons. The van der Waals surface area contributed by atoms with E-state index in [0.717, 1.165) is 23.8 Å². The molecule has 2 atom stereocenters. The summed E-state index contributed by atoms with van der Waals surface area (Å²) in [7, 11) is 0. The molecular weight excluding hydrogens is 182 g/mol. The molecule has 1 aliphatic carbocycles. The standard InChI is InChI=1S/C14H27N/c1-11(2)9-13-7-8-15(10-12(13)3)14-5-4-6-14/h11-14H,4-10H2,1-3H3. The minimum atomic E-state index is 0.882. The molecule has 0 amide bonds. The van der Waals surface area contributed by atoms with Crippen molar-refractivity contribution >= 4 is 0 Å². The Bertz CT molecular complexity index is 196. The zero-order chi connectivity index (χ0) is 10.8. The SMILES string of the molecule is CC(C)CC1CCN(C2CCC2)CC1C. The lowest BCUT2D eigenvalue weighted by molar-refractivity contribution is 0.0471. The Morgan fingerprint density at radius 3 is 2.40 bits per heavy atom. The average molecular weight is 209 g/mol. The van der Waals surface area contributed by atoms with E-state index in [9.17, 15) is 0 Å². The molecule has 2 fully saturated rings. The fraction of sp³-hybridized carbons (Fsp3) is 1.00. The summed E-state index contributed by atoms with van der Waals surface area (Å²) in [4.78, 5) is 2.77. The highest BCUT2D eigenvalue weighted by Gasteiger charge is 2.32. The number of hydrogen-bond donors (Lipinski definition) is 0. The van der Waals surface area contributed by atoms with Crippen molar-refractivity contribution in [1.82, 2.24) is 4.90 Å². The van der Waals surface area contributed by atoms with Crippen molar-refractivity contribution in [2.24, 2.45) is 17.8 Å². The zero-order valence-electron chi connectivity index (χ0n) is 10.7. The maximum absolute atomic E-state index is 2.77. The van der Waals surface area contributed by atoms with Gasteiger partial charge in [0.25, 0.3) is 0 Å². The molecule has 2 rings (SSSR count). The van der Waals surface area contributed by atoms with Crippen molar-refractivity contribution in [1.29, 1.82) is 0 Å². The molecule has 0 N–H and O–H groups in total. The van der Waals surface area contributed by atoms with Crippen LogP contribution in [0.3, 0.4) is 0 Å². The Kier molecular flexibility index (Phi) is 3.71. The molecule has 1 nitrogen and oxygen atoms in total. The summed E-state index contributed by atoms with van der Waals surface area (Å²) >= 11 is 0. The van der Waals surface area contributed by atoms with Gasteiger partial charge in [0.2, 0.25) is 0 Å². The van der Waals surface area contributed by atoms with Gasteiger partial charge in [-0.05, 0) is 50.0 Å². The second kappa shape index (κ2) is 4.86. The molecule has 2 aliphatic rings. The summed E-state index contributed by atoms with van der Waals surface area (Å²) in [6.45, 7) is 9.96. The highest BCUT2D eigenvalue weighted by molar-refractivity contribution is 4.86. The fourth-order valence-corrected chi connectivity index (χ4v) is 3.27. The smallest absolute Gasteiger partial charge is 0.00953 e. The molecule has 1 saturated carbocycles. The first-order chi connectivity index (χ1) is 7.16. The molecule has 0 bridgehead atoms. The molecule has 0 spiro atoms. The van der Waals surface area contributed by atoms with E-state index in [0.29, 0.717) is 0 Å². The maximum atomic E-state index is 2.77. The van der Waals surface area contributed by atoms with Gasteiger partial charge in [-0.1, -0.05) is 27.2 Å². The van der Waals surface area contributed by atoms with E-state index in [-0.39, 0.29) is 0 Å². The van der Waals surface area contributed by atoms with Gasteiger partial charge in [0.05, 0.1) is 0 Å². The van der Waals surface area contributed by atoms with Crippen LogP contribution < -0.4 is 0 Å². The minimum Gasteiger partial charge on any atom is -0.300 e. The van der Waals surface area contributed by atoms with Crippen molar-refractivity contribution in [2.45, 2.75) is 58.9 Å². The molecule has 2 unspecified atom stereocenters. The number of rotatable bonds is 3. The van der Waals surface area contributed by atoms with Crippen molar-refractivity contribution in [3.63, 3.8) is 0 Å². The van der Waals surface area contributed by atoms with Crippen molar-refractivity contribution < 1.29 is 0 Å². The van der Waals surface area contributed by atoms with Crippen LogP contribution in [0, 0.1) is 17.8 Å². The summed E-state index contributed by atoms with van der Waals surface area (Å²) < 4.78 is 0. The highest BCUT2D eigenvalue weighted by atomic mass is 15.2. The molecule has 1 aliphatic heterocycles. The quantitative estimate of drug-likeness (QED) is 0.687. The highest BCUT2D eigenvalue weighted by Crippen LogP contribution is 2.33. The molecule has 1 heterocycles. The molecule has 1 heteroatoms. The molecule has 1 saturated heterocycles. The Labute approximate surface area is 95.2 Å². The van der Waals surface area contributed by atoms with Gasteiger partial charge in [0.1, 0.15) is 0 Å². The summed E-state index contributed by atoms with van der Waals surface area (Å²) in [6.07, 6.45) is 7.32. The third-order valence-electron chi connectivity index (χ3n) is 4.48. The van der Waals surface area contributed by atoms with Gasteiger partial charge in [0.15, 0.2) is 0 Å². The number of hydrogen-bond acceptors (Lipinski definition) is 1. The third kappa shape index (κ3) is 2.75. The van der Waals surface area contributed by atoms with Crippen LogP contribution in [0.5, 0.6) is 0 Å². The Morgan fingerprint density at radius 2 is 1.93 bits per heavy atom. The predicted molar refractivity (Wildman–Crippen MR) is 65.9 cm³/mol. The lowest BCUT2D eigenvalue weighted by Gasteiger charge is -2.45. The van der Waals surface area contributed by atoms with Gasteiger partial charge in [-0.3, -0.25) is 0 Å². The van der Waals surface area contributed by atoms with E-state index in [4.69, 9.17) is 0 Å². The van der Waals surface area contributed by atoms with Crippen LogP contribution in [0.1, 0.15) is 52.9 Å². The van der Waals surface area contributed by atoms with E-state index in [1.807, 2.05) is 0 Å². The van der Waals surface area contributed by atoms with Crippen LogP contribution in [-0.4, -0.2) is 24.0 Å². The van der Waals surface area contributed by atoms with E-state index < -0.39 is 0 Å². The number of piperidine rings is 1. The lowest BCUT2D eigenvalue weighted by atomic mass is 9.79. The first kappa shape index (κ1) is 11.4. The largest absolute Gasteiger partial charge is 0.300 e. The normalized spacial score (nSPS) is 34.4. The predicted octanol–water partition coefficient (Wildman–Crippen LogP) is 3.54. The van der Waals surface area contributed by atoms with Gasteiger partial charge >= 0.3 is 0 Å². The van der Waals surface area contributed by atoms with Gasteiger partial charge in [-0.15, -0.1) is 0 Å². The van der Waals surface area contributed by atoms with Crippen molar-refractivity contribution in [2.75, 3.05) is 13.1 Å². The third-order valence-corrected chi connectivity index (χ3v) is 4.48. The molecule has 0 radical (unpaired) electrons. The van der Waals surface area contributed by atoms with Crippen LogP contribution in [0.25, 0.3) is 0 Å². The van der Waals surface area contributed by atoms with Crippen LogP contribution >= 0.6 is 0 Å². The zero-order valence-corrected chi connectivity index (χ0v) is 10.7. The monoisotopic (exact) mass is 209 g/mol. The minimum absolute atomic E-state index is 0.882. The van der Waals surface area contributed by atoms with Crippen LogP contribution in [0.15, 0.2) is 0 Å². The van der Waals surface area contributed by atoms with E-state index in [1.54, 1.807) is 0 Å². The van der Waals surface area contributed by atoms with Crippen LogP contribution in [-0.2, 0) is 0 Å². The molecular formula is C14H27N. The first-order valence-electron chi connectivity index (χ1n) is 6.91. The summed E-state index contributed by atoms with van der Waals surface area (Å²) in [5.74, 6) is 2.82. The lowest BCUT2D eigenvalue weighted by Crippen LogP contribution is -2.48. The Balaban J connectivity index is 1.79. The van der Waals surface area contributed by atoms with E-state index in [1.165, 1.54) is 45.2 Å². The first-order valence-corrected chi connectivity index (χ1v) is 6.91. The Hall–Kier alpha value is -0.0400. The average Bonchev–Trinajstić information content (AvgIpc) is 2.06. The van der Waals surface area contributed by atoms with Crippen LogP contribution in [0.2, 0.25) is 0 Å². The fourth-order valence-electron chi connectivity index (χ4n) is 3.27. The molecule has 0 aromatic rings. The second-order valence-electron chi connectivity index (χ2n) is 6.24. The van der Waals surface area contributed by atoms with E-state index in [2.05, 4.69) is 25.7 Å². The van der Waals surface area contributed by atoms with Crippen molar-refractivity contribution in [3.8, 4) is 0 Å². The molecule has 0 aromatic carbocycles. The maximum Gasteiger partial charge on any atom is 0.00953 e. The molecule has 0 aromatic heterocycles. The number of likely N-dealkylation sites (tertiary alicyclic amines) is 1. The van der Waals surface area contributed by atoms with Gasteiger partial charge in [-0.2, -0.15) is 0 Å². The summed E-state index contributed by atoms with van der Waals surface area (Å²) in [5.41, 5.74) is 0. The van der Waals surface area contributed by atoms with E-state index >= 15 is 0 Å². The topological polar surface area (TPSA) is 3.24 Å². The van der Waals surface area contributed by atoms with Gasteiger partial charge in [0, 0.05) is 12.6 Å². The second-order valence-corrected chi connectivity index (χ2v) is 6.24. The summed E-state index contributed by atoms with van der Waals surface area (Å²) in [5, 5.41) is 0. The van der Waals surface area contributed by atoms with Gasteiger partial charge in [-0.25, -0.2) is 0 Å². The summed E-state index contributed by atoms with van der Waals surface area (Å²) in [6, 6.07) is 0.965.